The zero-order valence-corrected chi connectivity index (χ0v) is 14.4. The largest absolute Gasteiger partial charge is 0.444 e. The van der Waals surface area contributed by atoms with Crippen LogP contribution in [0.4, 0.5) is 22.0 Å². The van der Waals surface area contributed by atoms with Crippen molar-refractivity contribution in [1.29, 1.82) is 0 Å². The molecule has 0 heterocycles. The van der Waals surface area contributed by atoms with E-state index in [1.54, 1.807) is 0 Å². The Balaban J connectivity index is 1.82. The summed E-state index contributed by atoms with van der Waals surface area (Å²) < 4.78 is 100.0. The molecule has 0 aromatic heterocycles. The van der Waals surface area contributed by atoms with Gasteiger partial charge in [-0.25, -0.2) is 0 Å². The lowest BCUT2D eigenvalue weighted by atomic mass is 9.54. The van der Waals surface area contributed by atoms with Gasteiger partial charge in [-0.15, -0.1) is 0 Å². The van der Waals surface area contributed by atoms with E-state index >= 15 is 0 Å². The molecule has 0 spiro atoms. The number of halogens is 5. The average Bonchev–Trinajstić information content (AvgIpc) is 2.47. The molecular formula is C15H19F5O5S. The van der Waals surface area contributed by atoms with Crippen molar-refractivity contribution >= 4 is 16.1 Å². The highest BCUT2D eigenvalue weighted by Crippen LogP contribution is 2.55. The van der Waals surface area contributed by atoms with Gasteiger partial charge in [-0.1, -0.05) is 6.42 Å². The number of esters is 1. The van der Waals surface area contributed by atoms with Crippen LogP contribution in [0.1, 0.15) is 38.5 Å². The van der Waals surface area contributed by atoms with Crippen LogP contribution in [-0.2, 0) is 19.6 Å². The van der Waals surface area contributed by atoms with E-state index in [4.69, 9.17) is 4.55 Å². The molecular weight excluding hydrogens is 387 g/mol. The third kappa shape index (κ3) is 3.44. The first-order valence-corrected chi connectivity index (χ1v) is 9.86. The first-order chi connectivity index (χ1) is 11.8. The molecule has 6 unspecified atom stereocenters. The van der Waals surface area contributed by atoms with E-state index in [0.29, 0.717) is 12.3 Å². The van der Waals surface area contributed by atoms with Crippen LogP contribution in [0.15, 0.2) is 0 Å². The highest BCUT2D eigenvalue weighted by molar-refractivity contribution is 7.86. The van der Waals surface area contributed by atoms with Crippen LogP contribution in [0.25, 0.3) is 0 Å². The van der Waals surface area contributed by atoms with E-state index in [9.17, 15) is 35.2 Å². The molecule has 26 heavy (non-hydrogen) atoms. The monoisotopic (exact) mass is 406 g/mol. The third-order valence-corrected chi connectivity index (χ3v) is 6.94. The Morgan fingerprint density at radius 3 is 2.19 bits per heavy atom. The molecule has 0 aromatic rings. The molecule has 3 fully saturated rings. The summed E-state index contributed by atoms with van der Waals surface area (Å²) in [5, 5.41) is -5.68. The standard InChI is InChI=1S/C15H19F5O5S/c16-14(17,18)13(15(19,20)26(22,23)24)25-12(21)11-6-8-3-7-1-2-10(11)9(4-7)5-8/h7-11,13H,1-6H2,(H,22,23,24). The number of carbonyl (C=O) groups excluding carboxylic acids is 1. The van der Waals surface area contributed by atoms with Crippen molar-refractivity contribution in [2.75, 3.05) is 0 Å². The van der Waals surface area contributed by atoms with Crippen LogP contribution in [-0.4, -0.2) is 36.5 Å². The number of ether oxygens (including phenoxy) is 1. The van der Waals surface area contributed by atoms with Gasteiger partial charge in [0.25, 0.3) is 6.10 Å². The van der Waals surface area contributed by atoms with Crippen molar-refractivity contribution in [3.63, 3.8) is 0 Å². The maximum Gasteiger partial charge on any atom is 0.432 e. The van der Waals surface area contributed by atoms with Crippen molar-refractivity contribution in [1.82, 2.24) is 0 Å². The van der Waals surface area contributed by atoms with Crippen molar-refractivity contribution in [2.45, 2.75) is 56.1 Å². The summed E-state index contributed by atoms with van der Waals surface area (Å²) in [6, 6.07) is 0. The number of hydrogen-bond donors (Lipinski definition) is 1. The number of rotatable bonds is 4. The van der Waals surface area contributed by atoms with Gasteiger partial charge in [-0.05, 0) is 55.8 Å². The Hall–Kier alpha value is -0.970. The fraction of sp³-hybridized carbons (Fsp3) is 0.933. The van der Waals surface area contributed by atoms with Crippen LogP contribution in [0.5, 0.6) is 0 Å². The molecule has 3 bridgehead atoms. The zero-order valence-electron chi connectivity index (χ0n) is 13.6. The minimum atomic E-state index is -6.42. The molecule has 150 valence electrons. The molecule has 6 atom stereocenters. The molecule has 3 saturated carbocycles. The molecule has 0 saturated heterocycles. The van der Waals surface area contributed by atoms with Crippen molar-refractivity contribution < 1.29 is 44.5 Å². The summed E-state index contributed by atoms with van der Waals surface area (Å²) in [7, 11) is -6.42. The molecule has 11 heteroatoms. The summed E-state index contributed by atoms with van der Waals surface area (Å²) >= 11 is 0. The van der Waals surface area contributed by atoms with E-state index in [2.05, 4.69) is 4.74 Å². The first kappa shape index (κ1) is 19.8. The van der Waals surface area contributed by atoms with Crippen LogP contribution >= 0.6 is 0 Å². The van der Waals surface area contributed by atoms with Gasteiger partial charge in [0.05, 0.1) is 5.92 Å². The quantitative estimate of drug-likeness (QED) is 0.440. The van der Waals surface area contributed by atoms with Gasteiger partial charge >= 0.3 is 27.5 Å². The van der Waals surface area contributed by atoms with Gasteiger partial charge in [0.1, 0.15) is 0 Å². The molecule has 0 radical (unpaired) electrons. The zero-order chi connectivity index (χ0) is 19.5. The fourth-order valence-electron chi connectivity index (χ4n) is 5.06. The molecule has 0 aliphatic heterocycles. The second-order valence-electron chi connectivity index (χ2n) is 7.68. The molecule has 3 aliphatic carbocycles. The van der Waals surface area contributed by atoms with Crippen LogP contribution in [0, 0.1) is 29.6 Å². The van der Waals surface area contributed by atoms with E-state index < -0.39 is 39.5 Å². The van der Waals surface area contributed by atoms with Gasteiger partial charge in [-0.2, -0.15) is 30.4 Å². The molecule has 5 nitrogen and oxygen atoms in total. The summed E-state index contributed by atoms with van der Waals surface area (Å²) in [5.74, 6) is -1.82. The lowest BCUT2D eigenvalue weighted by Crippen LogP contribution is -2.54. The van der Waals surface area contributed by atoms with E-state index in [-0.39, 0.29) is 24.2 Å². The van der Waals surface area contributed by atoms with Crippen LogP contribution in [0.2, 0.25) is 0 Å². The van der Waals surface area contributed by atoms with E-state index in [1.807, 2.05) is 0 Å². The Labute approximate surface area is 147 Å². The SMILES string of the molecule is O=C(OC(C(F)(F)F)C(F)(F)S(=O)(=O)O)C1CC2CC3CCC1C(C3)C2. The van der Waals surface area contributed by atoms with Gasteiger partial charge in [0, 0.05) is 0 Å². The van der Waals surface area contributed by atoms with Crippen LogP contribution < -0.4 is 0 Å². The normalized spacial score (nSPS) is 35.8. The Morgan fingerprint density at radius 2 is 1.62 bits per heavy atom. The summed E-state index contributed by atoms with van der Waals surface area (Å²) in [5.41, 5.74) is 0. The molecule has 0 aromatic carbocycles. The van der Waals surface area contributed by atoms with Crippen LogP contribution in [0.3, 0.4) is 0 Å². The number of carbonyl (C=O) groups is 1. The number of hydrogen-bond acceptors (Lipinski definition) is 4. The first-order valence-electron chi connectivity index (χ1n) is 8.42. The molecule has 0 amide bonds. The predicted octanol–water partition coefficient (Wildman–Crippen LogP) is 3.40. The minimum absolute atomic E-state index is 0.138. The maximum atomic E-state index is 13.6. The smallest absolute Gasteiger partial charge is 0.432 e. The molecule has 1 N–H and O–H groups in total. The van der Waals surface area contributed by atoms with Gasteiger partial charge in [0.2, 0.25) is 0 Å². The Kier molecular flexibility index (Phi) is 4.78. The lowest BCUT2D eigenvalue weighted by molar-refractivity contribution is -0.262. The minimum Gasteiger partial charge on any atom is -0.444 e. The highest BCUT2D eigenvalue weighted by atomic mass is 32.2. The fourth-order valence-corrected chi connectivity index (χ4v) is 5.51. The average molecular weight is 406 g/mol. The van der Waals surface area contributed by atoms with Gasteiger partial charge in [0.15, 0.2) is 0 Å². The Morgan fingerprint density at radius 1 is 1.00 bits per heavy atom. The number of alkyl halides is 5. The second kappa shape index (κ2) is 6.29. The summed E-state index contributed by atoms with van der Waals surface area (Å²) in [4.78, 5) is 12.3. The van der Waals surface area contributed by atoms with Crippen molar-refractivity contribution in [2.24, 2.45) is 29.6 Å². The van der Waals surface area contributed by atoms with Crippen molar-refractivity contribution in [3.8, 4) is 0 Å². The lowest BCUT2D eigenvalue weighted by Gasteiger charge is -2.51. The van der Waals surface area contributed by atoms with E-state index in [1.165, 1.54) is 0 Å². The predicted molar refractivity (Wildman–Crippen MR) is 77.6 cm³/mol. The second-order valence-corrected chi connectivity index (χ2v) is 9.17. The third-order valence-electron chi connectivity index (χ3n) is 6.04. The molecule has 3 aliphatic rings. The summed E-state index contributed by atoms with van der Waals surface area (Å²) in [6.07, 6.45) is -5.77. The molecule has 3 rings (SSSR count). The Bertz CT molecular complexity index is 670. The number of fused-ring (bicyclic) bond motifs is 2. The van der Waals surface area contributed by atoms with Gasteiger partial charge < -0.3 is 4.74 Å². The maximum absolute atomic E-state index is 13.6. The topological polar surface area (TPSA) is 80.7 Å². The van der Waals surface area contributed by atoms with Gasteiger partial charge in [-0.3, -0.25) is 9.35 Å². The highest BCUT2D eigenvalue weighted by Gasteiger charge is 2.66. The summed E-state index contributed by atoms with van der Waals surface area (Å²) in [6.45, 7) is 0. The van der Waals surface area contributed by atoms with Crippen molar-refractivity contribution in [3.05, 3.63) is 0 Å². The van der Waals surface area contributed by atoms with E-state index in [0.717, 1.165) is 25.7 Å².